The van der Waals surface area contributed by atoms with Gasteiger partial charge in [0.05, 0.1) is 0 Å². The highest BCUT2D eigenvalue weighted by molar-refractivity contribution is 5.86. The predicted octanol–water partition coefficient (Wildman–Crippen LogP) is 2.01. The molecule has 3 rings (SSSR count). The van der Waals surface area contributed by atoms with Crippen molar-refractivity contribution in [3.8, 4) is 0 Å². The Bertz CT molecular complexity index is 653. The molecule has 21 heavy (non-hydrogen) atoms. The Morgan fingerprint density at radius 1 is 1.52 bits per heavy atom. The molecule has 1 N–H and O–H groups in total. The van der Waals surface area contributed by atoms with Crippen LogP contribution in [0.1, 0.15) is 18.7 Å². The molecule has 112 valence electrons. The lowest BCUT2D eigenvalue weighted by atomic mass is 10.1. The van der Waals surface area contributed by atoms with Gasteiger partial charge in [-0.25, -0.2) is 4.98 Å². The average molecular weight is 289 g/mol. The third-order valence-electron chi connectivity index (χ3n) is 3.70. The average Bonchev–Trinajstić information content (AvgIpc) is 2.86. The number of likely N-dealkylation sites (tertiary alicyclic amines) is 1. The van der Waals surface area contributed by atoms with Crippen molar-refractivity contribution in [1.82, 2.24) is 9.88 Å². The fourth-order valence-corrected chi connectivity index (χ4v) is 2.62. The molecule has 0 bridgehead atoms. The number of ether oxygens (including phenoxy) is 1. The van der Waals surface area contributed by atoms with Gasteiger partial charge in [0, 0.05) is 26.4 Å². The Morgan fingerprint density at radius 3 is 3.19 bits per heavy atom. The summed E-state index contributed by atoms with van der Waals surface area (Å²) in [5.74, 6) is 0.694. The molecule has 1 unspecified atom stereocenters. The first-order valence-electron chi connectivity index (χ1n) is 7.07. The van der Waals surface area contributed by atoms with Gasteiger partial charge >= 0.3 is 0 Å². The number of piperidine rings is 1. The number of fused-ring (bicyclic) bond motifs is 1. The van der Waals surface area contributed by atoms with Gasteiger partial charge in [0.25, 0.3) is 0 Å². The highest BCUT2D eigenvalue weighted by Gasteiger charge is 2.26. The van der Waals surface area contributed by atoms with Gasteiger partial charge in [-0.3, -0.25) is 4.79 Å². The zero-order chi connectivity index (χ0) is 14.8. The van der Waals surface area contributed by atoms with Crippen molar-refractivity contribution in [1.29, 1.82) is 0 Å². The van der Waals surface area contributed by atoms with Gasteiger partial charge in [-0.05, 0) is 31.0 Å². The molecule has 1 amide bonds. The van der Waals surface area contributed by atoms with Crippen LogP contribution in [0.25, 0.3) is 11.1 Å². The number of rotatable bonds is 4. The monoisotopic (exact) mass is 289 g/mol. The van der Waals surface area contributed by atoms with Crippen LogP contribution in [0.5, 0.6) is 0 Å². The topological polar surface area (TPSA) is 67.6 Å². The van der Waals surface area contributed by atoms with E-state index in [0.29, 0.717) is 12.5 Å². The summed E-state index contributed by atoms with van der Waals surface area (Å²) in [6.45, 7) is 1.18. The van der Waals surface area contributed by atoms with E-state index in [2.05, 4.69) is 10.3 Å². The molecule has 2 heterocycles. The second-order valence-electron chi connectivity index (χ2n) is 5.32. The number of anilines is 1. The number of nitrogens with zero attached hydrogens (tertiary/aromatic N) is 2. The number of oxazole rings is 1. The number of likely N-dealkylation sites (N-methyl/N-ethyl adjacent to an activating group) is 1. The summed E-state index contributed by atoms with van der Waals surface area (Å²) in [5, 5.41) is 3.29. The van der Waals surface area contributed by atoms with Crippen molar-refractivity contribution in [2.75, 3.05) is 26.0 Å². The van der Waals surface area contributed by atoms with E-state index in [4.69, 9.17) is 9.15 Å². The number of hydrogen-bond donors (Lipinski definition) is 1. The van der Waals surface area contributed by atoms with Crippen LogP contribution in [0.2, 0.25) is 0 Å². The Hall–Kier alpha value is -2.08. The van der Waals surface area contributed by atoms with Crippen molar-refractivity contribution in [3.05, 3.63) is 24.1 Å². The minimum absolute atomic E-state index is 0.140. The van der Waals surface area contributed by atoms with Gasteiger partial charge in [0.1, 0.15) is 18.2 Å². The normalized spacial score (nSPS) is 19.2. The van der Waals surface area contributed by atoms with Crippen LogP contribution in [0.15, 0.2) is 22.6 Å². The minimum atomic E-state index is -0.161. The standard InChI is InChI=1S/C15H19N3O3/c1-18-7-3-4-11(15(18)19)16-10-5-6-13-12(8-10)17-14(21-13)9-20-2/h5-6,8,11,16H,3-4,7,9H2,1-2H3. The van der Waals surface area contributed by atoms with Crippen molar-refractivity contribution in [3.63, 3.8) is 0 Å². The van der Waals surface area contributed by atoms with Gasteiger partial charge in [-0.15, -0.1) is 0 Å². The maximum Gasteiger partial charge on any atom is 0.244 e. The van der Waals surface area contributed by atoms with Gasteiger partial charge in [-0.1, -0.05) is 0 Å². The molecule has 1 fully saturated rings. The molecule has 0 aliphatic carbocycles. The Morgan fingerprint density at radius 2 is 2.38 bits per heavy atom. The molecule has 1 aliphatic heterocycles. The molecule has 1 aromatic heterocycles. The first-order valence-corrected chi connectivity index (χ1v) is 7.07. The second-order valence-corrected chi connectivity index (χ2v) is 5.32. The molecule has 2 aromatic rings. The summed E-state index contributed by atoms with van der Waals surface area (Å²) < 4.78 is 10.6. The number of nitrogens with one attached hydrogen (secondary N) is 1. The zero-order valence-electron chi connectivity index (χ0n) is 12.3. The first kappa shape index (κ1) is 13.9. The number of hydrogen-bond acceptors (Lipinski definition) is 5. The molecular weight excluding hydrogens is 270 g/mol. The van der Waals surface area contributed by atoms with Crippen molar-refractivity contribution >= 4 is 22.7 Å². The summed E-state index contributed by atoms with van der Waals surface area (Å²) in [6.07, 6.45) is 1.87. The Labute approximate surface area is 123 Å². The minimum Gasteiger partial charge on any atom is -0.438 e. The van der Waals surface area contributed by atoms with Crippen LogP contribution >= 0.6 is 0 Å². The first-order chi connectivity index (χ1) is 10.2. The number of aromatic nitrogens is 1. The quantitative estimate of drug-likeness (QED) is 0.932. The molecule has 0 spiro atoms. The van der Waals surface area contributed by atoms with Crippen LogP contribution in [0.4, 0.5) is 5.69 Å². The Kier molecular flexibility index (Phi) is 3.79. The van der Waals surface area contributed by atoms with Gasteiger partial charge in [0.2, 0.25) is 11.8 Å². The zero-order valence-corrected chi connectivity index (χ0v) is 12.3. The number of carbonyl (C=O) groups excluding carboxylic acids is 1. The largest absolute Gasteiger partial charge is 0.438 e. The molecule has 1 saturated heterocycles. The number of carbonyl (C=O) groups is 1. The van der Waals surface area contributed by atoms with Crippen LogP contribution in [-0.2, 0) is 16.1 Å². The fraction of sp³-hybridized carbons (Fsp3) is 0.467. The summed E-state index contributed by atoms with van der Waals surface area (Å²) >= 11 is 0. The van der Waals surface area contributed by atoms with Crippen molar-refractivity contribution < 1.29 is 13.9 Å². The van der Waals surface area contributed by atoms with Crippen LogP contribution in [-0.4, -0.2) is 42.5 Å². The van der Waals surface area contributed by atoms with Gasteiger partial charge in [-0.2, -0.15) is 0 Å². The van der Waals surface area contributed by atoms with E-state index in [1.807, 2.05) is 25.2 Å². The number of amides is 1. The van der Waals surface area contributed by atoms with E-state index in [-0.39, 0.29) is 11.9 Å². The van der Waals surface area contributed by atoms with E-state index in [1.54, 1.807) is 12.0 Å². The fourth-order valence-electron chi connectivity index (χ4n) is 2.62. The maximum atomic E-state index is 12.1. The lowest BCUT2D eigenvalue weighted by Gasteiger charge is -2.30. The predicted molar refractivity (Wildman–Crippen MR) is 79.0 cm³/mol. The summed E-state index contributed by atoms with van der Waals surface area (Å²) in [5.41, 5.74) is 2.37. The van der Waals surface area contributed by atoms with Crippen molar-refractivity contribution in [2.24, 2.45) is 0 Å². The third kappa shape index (κ3) is 2.85. The third-order valence-corrected chi connectivity index (χ3v) is 3.70. The number of methoxy groups -OCH3 is 1. The summed E-state index contributed by atoms with van der Waals surface area (Å²) in [4.78, 5) is 18.2. The lowest BCUT2D eigenvalue weighted by molar-refractivity contribution is -0.132. The van der Waals surface area contributed by atoms with Crippen LogP contribution in [0.3, 0.4) is 0 Å². The van der Waals surface area contributed by atoms with E-state index >= 15 is 0 Å². The molecule has 1 atom stereocenters. The highest BCUT2D eigenvalue weighted by Crippen LogP contribution is 2.22. The molecule has 1 aromatic carbocycles. The van der Waals surface area contributed by atoms with Gasteiger partial charge < -0.3 is 19.4 Å². The maximum absolute atomic E-state index is 12.1. The van der Waals surface area contributed by atoms with Crippen LogP contribution in [0, 0.1) is 0 Å². The van der Waals surface area contributed by atoms with Crippen LogP contribution < -0.4 is 5.32 Å². The molecule has 0 saturated carbocycles. The van der Waals surface area contributed by atoms with Gasteiger partial charge in [0.15, 0.2) is 5.58 Å². The van der Waals surface area contributed by atoms with E-state index in [9.17, 15) is 4.79 Å². The summed E-state index contributed by atoms with van der Waals surface area (Å²) in [7, 11) is 3.45. The number of benzene rings is 1. The molecule has 6 heteroatoms. The molecule has 0 radical (unpaired) electrons. The smallest absolute Gasteiger partial charge is 0.244 e. The molecule has 6 nitrogen and oxygen atoms in total. The molecular formula is C15H19N3O3. The highest BCUT2D eigenvalue weighted by atomic mass is 16.5. The van der Waals surface area contributed by atoms with E-state index < -0.39 is 0 Å². The van der Waals surface area contributed by atoms with E-state index in [0.717, 1.165) is 36.2 Å². The lowest BCUT2D eigenvalue weighted by Crippen LogP contribution is -2.45. The molecule has 1 aliphatic rings. The van der Waals surface area contributed by atoms with E-state index in [1.165, 1.54) is 0 Å². The summed E-state index contributed by atoms with van der Waals surface area (Å²) in [6, 6.07) is 5.51. The second kappa shape index (κ2) is 5.73. The van der Waals surface area contributed by atoms with Crippen molar-refractivity contribution in [2.45, 2.75) is 25.5 Å². The SMILES string of the molecule is COCc1nc2cc(NC3CCCN(C)C3=O)ccc2o1. The Balaban J connectivity index is 1.79.